The van der Waals surface area contributed by atoms with E-state index in [1.165, 1.54) is 0 Å². The summed E-state index contributed by atoms with van der Waals surface area (Å²) < 4.78 is 2.10. The van der Waals surface area contributed by atoms with Crippen LogP contribution >= 0.6 is 0 Å². The number of carbonyl (C=O) groups excluding carboxylic acids is 1. The molecule has 16 heavy (non-hydrogen) atoms. The number of rotatable bonds is 1. The van der Waals surface area contributed by atoms with Crippen molar-refractivity contribution in [3.63, 3.8) is 0 Å². The first-order valence-corrected chi connectivity index (χ1v) is 5.64. The molecule has 0 aromatic carbocycles. The monoisotopic (exact) mass is 215 g/mol. The Hall–Kier alpha value is -1.49. The van der Waals surface area contributed by atoms with E-state index < -0.39 is 0 Å². The summed E-state index contributed by atoms with van der Waals surface area (Å²) in [6.45, 7) is 6.83. The van der Waals surface area contributed by atoms with Gasteiger partial charge in [-0.2, -0.15) is 0 Å². The van der Waals surface area contributed by atoms with Gasteiger partial charge in [0.1, 0.15) is 0 Å². The number of carbonyl (C=O) groups is 1. The molecule has 2 nitrogen and oxygen atoms in total. The minimum Gasteiger partial charge on any atom is -0.339 e. The fraction of sp³-hybridized carbons (Fsp3) is 0.500. The Morgan fingerprint density at radius 2 is 2.19 bits per heavy atom. The molecule has 0 radical (unpaired) electrons. The second-order valence-corrected chi connectivity index (χ2v) is 5.17. The molecule has 0 saturated carbocycles. The van der Waals surface area contributed by atoms with Crippen LogP contribution in [-0.2, 0) is 13.0 Å². The van der Waals surface area contributed by atoms with Crippen molar-refractivity contribution in [3.05, 3.63) is 23.5 Å². The smallest absolute Gasteiger partial charge is 0.165 e. The second kappa shape index (κ2) is 3.83. The first-order chi connectivity index (χ1) is 7.53. The molecule has 0 fully saturated rings. The number of aromatic nitrogens is 1. The lowest BCUT2D eigenvalue weighted by atomic mass is 9.76. The summed E-state index contributed by atoms with van der Waals surface area (Å²) in [6.07, 6.45) is 3.60. The normalized spacial score (nSPS) is 17.6. The maximum Gasteiger partial charge on any atom is 0.165 e. The van der Waals surface area contributed by atoms with Gasteiger partial charge in [0.2, 0.25) is 0 Å². The summed E-state index contributed by atoms with van der Waals surface area (Å²) in [6, 6.07) is 1.93. The first-order valence-electron chi connectivity index (χ1n) is 5.64. The fourth-order valence-corrected chi connectivity index (χ4v) is 2.31. The van der Waals surface area contributed by atoms with E-state index in [0.29, 0.717) is 13.0 Å². The summed E-state index contributed by atoms with van der Waals surface area (Å²) in [4.78, 5) is 11.9. The number of Topliss-reactive ketones (excluding diaryl/α,β-unsaturated/α-hetero) is 1. The van der Waals surface area contributed by atoms with Gasteiger partial charge in [-0.1, -0.05) is 19.8 Å². The molecule has 1 aliphatic carbocycles. The largest absolute Gasteiger partial charge is 0.339 e. The lowest BCUT2D eigenvalue weighted by molar-refractivity contribution is 0.0910. The molecule has 84 valence electrons. The van der Waals surface area contributed by atoms with Gasteiger partial charge < -0.3 is 4.57 Å². The van der Waals surface area contributed by atoms with E-state index in [4.69, 9.17) is 0 Å². The second-order valence-electron chi connectivity index (χ2n) is 5.17. The Morgan fingerprint density at radius 3 is 2.88 bits per heavy atom. The molecule has 2 heteroatoms. The molecular formula is C14H17NO. The standard InChI is InChI=1S/C14H17NO/c1-4-5-7-15-8-6-11-12(15)9-14(2,3)10-13(11)16/h6,8H,7,9-10H2,1-3H3. The third kappa shape index (κ3) is 1.90. The first kappa shape index (κ1) is 11.0. The highest BCUT2D eigenvalue weighted by molar-refractivity contribution is 5.98. The summed E-state index contributed by atoms with van der Waals surface area (Å²) in [5.74, 6) is 6.21. The number of hydrogen-bond donors (Lipinski definition) is 0. The van der Waals surface area contributed by atoms with E-state index in [1.54, 1.807) is 0 Å². The van der Waals surface area contributed by atoms with Crippen molar-refractivity contribution in [1.29, 1.82) is 0 Å². The lowest BCUT2D eigenvalue weighted by Crippen LogP contribution is -2.27. The van der Waals surface area contributed by atoms with Crippen molar-refractivity contribution >= 4 is 5.78 Å². The van der Waals surface area contributed by atoms with Gasteiger partial charge in [0.05, 0.1) is 6.54 Å². The van der Waals surface area contributed by atoms with Gasteiger partial charge in [-0.3, -0.25) is 4.79 Å². The van der Waals surface area contributed by atoms with Crippen LogP contribution in [0, 0.1) is 17.3 Å². The molecule has 0 saturated heterocycles. The van der Waals surface area contributed by atoms with Crippen molar-refractivity contribution in [2.45, 2.75) is 40.2 Å². The van der Waals surface area contributed by atoms with Crippen LogP contribution in [0.3, 0.4) is 0 Å². The van der Waals surface area contributed by atoms with Crippen LogP contribution in [0.2, 0.25) is 0 Å². The van der Waals surface area contributed by atoms with Gasteiger partial charge in [-0.25, -0.2) is 0 Å². The van der Waals surface area contributed by atoms with E-state index in [9.17, 15) is 4.79 Å². The van der Waals surface area contributed by atoms with E-state index in [0.717, 1.165) is 17.7 Å². The average Bonchev–Trinajstić information content (AvgIpc) is 2.56. The van der Waals surface area contributed by atoms with Crippen LogP contribution in [0.15, 0.2) is 12.3 Å². The van der Waals surface area contributed by atoms with Gasteiger partial charge in [-0.05, 0) is 24.8 Å². The Kier molecular flexibility index (Phi) is 2.63. The van der Waals surface area contributed by atoms with Gasteiger partial charge in [-0.15, -0.1) is 5.92 Å². The summed E-state index contributed by atoms with van der Waals surface area (Å²) in [5, 5.41) is 0. The van der Waals surface area contributed by atoms with Crippen LogP contribution in [-0.4, -0.2) is 10.4 Å². The molecular weight excluding hydrogens is 198 g/mol. The van der Waals surface area contributed by atoms with Crippen molar-refractivity contribution in [3.8, 4) is 11.8 Å². The predicted molar refractivity (Wildman–Crippen MR) is 64.3 cm³/mol. The molecule has 1 aromatic rings. The van der Waals surface area contributed by atoms with E-state index in [1.807, 2.05) is 19.2 Å². The molecule has 0 bridgehead atoms. The topological polar surface area (TPSA) is 22.0 Å². The summed E-state index contributed by atoms with van der Waals surface area (Å²) in [7, 11) is 0. The van der Waals surface area contributed by atoms with Crippen molar-refractivity contribution in [2.24, 2.45) is 5.41 Å². The zero-order valence-electron chi connectivity index (χ0n) is 10.1. The van der Waals surface area contributed by atoms with Crippen LogP contribution < -0.4 is 0 Å². The Balaban J connectivity index is 2.39. The molecule has 2 rings (SSSR count). The molecule has 1 heterocycles. The third-order valence-electron chi connectivity index (χ3n) is 3.09. The average molecular weight is 215 g/mol. The highest BCUT2D eigenvalue weighted by Gasteiger charge is 2.32. The highest BCUT2D eigenvalue weighted by atomic mass is 16.1. The van der Waals surface area contributed by atoms with Crippen LogP contribution in [0.25, 0.3) is 0 Å². The molecule has 0 spiro atoms. The minimum atomic E-state index is 0.0832. The van der Waals surface area contributed by atoms with Crippen molar-refractivity contribution in [1.82, 2.24) is 4.57 Å². The van der Waals surface area contributed by atoms with Crippen LogP contribution in [0.1, 0.15) is 43.2 Å². The van der Waals surface area contributed by atoms with Crippen molar-refractivity contribution < 1.29 is 4.79 Å². The predicted octanol–water partition coefficient (Wildman–Crippen LogP) is 2.67. The SMILES string of the molecule is CC#CCn1ccc2c1CC(C)(C)CC2=O. The number of ketones is 1. The van der Waals surface area contributed by atoms with E-state index >= 15 is 0 Å². The summed E-state index contributed by atoms with van der Waals surface area (Å²) in [5.41, 5.74) is 2.14. The Labute approximate surface area is 96.7 Å². The number of nitrogens with zero attached hydrogens (tertiary/aromatic N) is 1. The van der Waals surface area contributed by atoms with Gasteiger partial charge in [0.25, 0.3) is 0 Å². The maximum absolute atomic E-state index is 11.9. The molecule has 0 atom stereocenters. The summed E-state index contributed by atoms with van der Waals surface area (Å²) >= 11 is 0. The molecule has 1 aliphatic rings. The number of hydrogen-bond acceptors (Lipinski definition) is 1. The van der Waals surface area contributed by atoms with Gasteiger partial charge in [0.15, 0.2) is 5.78 Å². The van der Waals surface area contributed by atoms with E-state index in [-0.39, 0.29) is 11.2 Å². The van der Waals surface area contributed by atoms with Gasteiger partial charge >= 0.3 is 0 Å². The van der Waals surface area contributed by atoms with Crippen LogP contribution in [0.4, 0.5) is 0 Å². The molecule has 0 aliphatic heterocycles. The van der Waals surface area contributed by atoms with E-state index in [2.05, 4.69) is 30.3 Å². The molecule has 0 unspecified atom stereocenters. The molecule has 1 aromatic heterocycles. The Morgan fingerprint density at radius 1 is 1.44 bits per heavy atom. The number of fused-ring (bicyclic) bond motifs is 1. The zero-order valence-corrected chi connectivity index (χ0v) is 10.1. The zero-order chi connectivity index (χ0) is 11.8. The van der Waals surface area contributed by atoms with Crippen molar-refractivity contribution in [2.75, 3.05) is 0 Å². The Bertz CT molecular complexity index is 483. The van der Waals surface area contributed by atoms with Crippen LogP contribution in [0.5, 0.6) is 0 Å². The molecule has 0 N–H and O–H groups in total. The van der Waals surface area contributed by atoms with Gasteiger partial charge in [0, 0.05) is 23.9 Å². The highest BCUT2D eigenvalue weighted by Crippen LogP contribution is 2.35. The fourth-order valence-electron chi connectivity index (χ4n) is 2.31. The molecule has 0 amide bonds. The lowest BCUT2D eigenvalue weighted by Gasteiger charge is -2.29. The minimum absolute atomic E-state index is 0.0832. The quantitative estimate of drug-likeness (QED) is 0.660. The maximum atomic E-state index is 11.9. The third-order valence-corrected chi connectivity index (χ3v) is 3.09.